The van der Waals surface area contributed by atoms with Gasteiger partial charge in [0.05, 0.1) is 16.0 Å². The van der Waals surface area contributed by atoms with Gasteiger partial charge in [-0.3, -0.25) is 15.5 Å². The fourth-order valence-corrected chi connectivity index (χ4v) is 3.11. The van der Waals surface area contributed by atoms with Gasteiger partial charge in [-0.2, -0.15) is 5.10 Å². The van der Waals surface area contributed by atoms with Crippen LogP contribution >= 0.6 is 23.6 Å². The number of hydrazone groups is 1. The van der Waals surface area contributed by atoms with Crippen molar-refractivity contribution in [1.29, 1.82) is 0 Å². The molecule has 1 fully saturated rings. The van der Waals surface area contributed by atoms with Crippen molar-refractivity contribution < 1.29 is 4.92 Å². The van der Waals surface area contributed by atoms with Crippen molar-refractivity contribution in [2.75, 3.05) is 13.1 Å². The largest absolute Gasteiger partial charge is 0.348 e. The van der Waals surface area contributed by atoms with Gasteiger partial charge in [0.25, 0.3) is 0 Å². The van der Waals surface area contributed by atoms with Gasteiger partial charge in [-0.05, 0) is 31.1 Å². The summed E-state index contributed by atoms with van der Waals surface area (Å²) in [6.45, 7) is 1.93. The molecular weight excluding hydrogens is 308 g/mol. The zero-order valence-electron chi connectivity index (χ0n) is 11.7. The lowest BCUT2D eigenvalue weighted by atomic mass is 10.1. The summed E-state index contributed by atoms with van der Waals surface area (Å²) in [5, 5.41) is 15.4. The molecule has 0 spiro atoms. The summed E-state index contributed by atoms with van der Waals surface area (Å²) in [5.41, 5.74) is 2.85. The maximum Gasteiger partial charge on any atom is 0.324 e. The molecule has 1 saturated heterocycles. The highest BCUT2D eigenvalue weighted by molar-refractivity contribution is 7.80. The smallest absolute Gasteiger partial charge is 0.324 e. The van der Waals surface area contributed by atoms with Gasteiger partial charge in [0.15, 0.2) is 5.11 Å². The van der Waals surface area contributed by atoms with E-state index in [0.29, 0.717) is 5.11 Å². The Morgan fingerprint density at radius 1 is 1.33 bits per heavy atom. The number of rotatable bonds is 3. The first-order valence-corrected chi connectivity index (χ1v) is 8.21. The quantitative estimate of drug-likeness (QED) is 0.400. The molecule has 0 bridgehead atoms. The number of thiophene rings is 1. The monoisotopic (exact) mass is 326 g/mol. The summed E-state index contributed by atoms with van der Waals surface area (Å²) >= 11 is 6.43. The van der Waals surface area contributed by atoms with Gasteiger partial charge in [-0.25, -0.2) is 0 Å². The number of nitro groups is 1. The average Bonchev–Trinajstić information content (AvgIpc) is 2.87. The fraction of sp³-hybridized carbons (Fsp3) is 0.538. The van der Waals surface area contributed by atoms with E-state index in [0.717, 1.165) is 42.1 Å². The van der Waals surface area contributed by atoms with Crippen molar-refractivity contribution in [3.8, 4) is 0 Å². The first-order chi connectivity index (χ1) is 10.2. The lowest BCUT2D eigenvalue weighted by molar-refractivity contribution is -0.380. The van der Waals surface area contributed by atoms with E-state index in [1.165, 1.54) is 25.3 Å². The Morgan fingerprint density at radius 2 is 2.00 bits per heavy atom. The van der Waals surface area contributed by atoms with E-state index < -0.39 is 4.92 Å². The van der Waals surface area contributed by atoms with Gasteiger partial charge in [0.1, 0.15) is 0 Å². The predicted octanol–water partition coefficient (Wildman–Crippen LogP) is 3.13. The SMILES string of the molecule is O=[N+]([O-])c1ccc(/C=N/NC(=S)N2CCCCCCC2)s1. The second-order valence-electron chi connectivity index (χ2n) is 4.86. The van der Waals surface area contributed by atoms with E-state index in [2.05, 4.69) is 15.4 Å². The van der Waals surface area contributed by atoms with Crippen molar-refractivity contribution in [2.45, 2.75) is 32.1 Å². The van der Waals surface area contributed by atoms with Gasteiger partial charge in [0.2, 0.25) is 0 Å². The predicted molar refractivity (Wildman–Crippen MR) is 89.0 cm³/mol. The van der Waals surface area contributed by atoms with Crippen LogP contribution in [0.5, 0.6) is 0 Å². The Kier molecular flexibility index (Phi) is 6.06. The van der Waals surface area contributed by atoms with E-state index >= 15 is 0 Å². The van der Waals surface area contributed by atoms with E-state index in [4.69, 9.17) is 12.2 Å². The zero-order valence-corrected chi connectivity index (χ0v) is 13.3. The van der Waals surface area contributed by atoms with Crippen molar-refractivity contribution in [3.05, 3.63) is 27.1 Å². The number of hydrogen-bond donors (Lipinski definition) is 1. The second-order valence-corrected chi connectivity index (χ2v) is 6.34. The summed E-state index contributed by atoms with van der Waals surface area (Å²) < 4.78 is 0. The Morgan fingerprint density at radius 3 is 2.62 bits per heavy atom. The summed E-state index contributed by atoms with van der Waals surface area (Å²) in [7, 11) is 0. The molecule has 0 radical (unpaired) electrons. The van der Waals surface area contributed by atoms with Crippen LogP contribution < -0.4 is 5.43 Å². The first kappa shape index (κ1) is 15.8. The van der Waals surface area contributed by atoms with Crippen LogP contribution in [0.3, 0.4) is 0 Å². The number of thiocarbonyl (C=S) groups is 1. The van der Waals surface area contributed by atoms with E-state index in [1.807, 2.05) is 0 Å². The van der Waals surface area contributed by atoms with Crippen LogP contribution in [0.2, 0.25) is 0 Å². The van der Waals surface area contributed by atoms with E-state index in [-0.39, 0.29) is 5.00 Å². The molecule has 1 aromatic rings. The van der Waals surface area contributed by atoms with Gasteiger partial charge in [-0.1, -0.05) is 30.6 Å². The molecule has 1 N–H and O–H groups in total. The third-order valence-electron chi connectivity index (χ3n) is 3.29. The number of likely N-dealkylation sites (tertiary alicyclic amines) is 1. The minimum absolute atomic E-state index is 0.114. The molecule has 1 aliphatic rings. The highest BCUT2D eigenvalue weighted by atomic mass is 32.1. The van der Waals surface area contributed by atoms with Crippen LogP contribution in [0.25, 0.3) is 0 Å². The Balaban J connectivity index is 1.84. The molecule has 0 aromatic carbocycles. The normalized spacial score (nSPS) is 16.5. The van der Waals surface area contributed by atoms with Crippen molar-refractivity contribution in [2.24, 2.45) is 5.10 Å². The van der Waals surface area contributed by atoms with Gasteiger partial charge < -0.3 is 4.90 Å². The molecule has 21 heavy (non-hydrogen) atoms. The van der Waals surface area contributed by atoms with Gasteiger partial charge in [-0.15, -0.1) is 0 Å². The van der Waals surface area contributed by atoms with Gasteiger partial charge in [0, 0.05) is 19.2 Å². The highest BCUT2D eigenvalue weighted by Crippen LogP contribution is 2.22. The van der Waals surface area contributed by atoms with Crippen LogP contribution in [-0.4, -0.2) is 34.2 Å². The first-order valence-electron chi connectivity index (χ1n) is 6.99. The molecule has 2 heterocycles. The molecule has 1 aliphatic heterocycles. The Hall–Kier alpha value is -1.54. The summed E-state index contributed by atoms with van der Waals surface area (Å²) in [6, 6.07) is 3.15. The third kappa shape index (κ3) is 5.05. The number of nitrogens with one attached hydrogen (secondary N) is 1. The molecule has 0 amide bonds. The van der Waals surface area contributed by atoms with Crippen LogP contribution in [-0.2, 0) is 0 Å². The minimum atomic E-state index is -0.402. The standard InChI is InChI=1S/C13H18N4O2S2/c18-17(19)12-7-6-11(21-12)10-14-15-13(20)16-8-4-2-1-3-5-9-16/h6-7,10H,1-5,8-9H2,(H,15,20)/b14-10+. The zero-order chi connectivity index (χ0) is 15.1. The van der Waals surface area contributed by atoms with Gasteiger partial charge >= 0.3 is 5.00 Å². The lowest BCUT2D eigenvalue weighted by Gasteiger charge is -2.26. The molecule has 8 heteroatoms. The maximum absolute atomic E-state index is 10.6. The molecular formula is C13H18N4O2S2. The third-order valence-corrected chi connectivity index (χ3v) is 4.61. The summed E-state index contributed by atoms with van der Waals surface area (Å²) in [6.07, 6.45) is 7.69. The van der Waals surface area contributed by atoms with Crippen LogP contribution in [0.1, 0.15) is 37.0 Å². The number of nitrogens with zero attached hydrogens (tertiary/aromatic N) is 3. The van der Waals surface area contributed by atoms with Crippen molar-refractivity contribution in [1.82, 2.24) is 10.3 Å². The Labute approximate surface area is 133 Å². The van der Waals surface area contributed by atoms with Crippen LogP contribution in [0, 0.1) is 10.1 Å². The maximum atomic E-state index is 10.6. The average molecular weight is 326 g/mol. The minimum Gasteiger partial charge on any atom is -0.348 e. The van der Waals surface area contributed by atoms with Crippen molar-refractivity contribution in [3.63, 3.8) is 0 Å². The van der Waals surface area contributed by atoms with E-state index in [1.54, 1.807) is 12.3 Å². The topological polar surface area (TPSA) is 70.8 Å². The van der Waals surface area contributed by atoms with E-state index in [9.17, 15) is 10.1 Å². The molecule has 0 unspecified atom stereocenters. The van der Waals surface area contributed by atoms with Crippen LogP contribution in [0.4, 0.5) is 5.00 Å². The fourth-order valence-electron chi connectivity index (χ4n) is 2.18. The molecule has 1 aromatic heterocycles. The van der Waals surface area contributed by atoms with Crippen molar-refractivity contribution >= 4 is 39.9 Å². The van der Waals surface area contributed by atoms with Crippen LogP contribution in [0.15, 0.2) is 17.2 Å². The Bertz CT molecular complexity index is 522. The number of hydrogen-bond acceptors (Lipinski definition) is 5. The molecule has 0 saturated carbocycles. The molecule has 0 atom stereocenters. The lowest BCUT2D eigenvalue weighted by Crippen LogP contribution is -2.39. The second kappa shape index (κ2) is 8.04. The summed E-state index contributed by atoms with van der Waals surface area (Å²) in [5.74, 6) is 0. The molecule has 114 valence electrons. The molecule has 2 rings (SSSR count). The summed E-state index contributed by atoms with van der Waals surface area (Å²) in [4.78, 5) is 13.1. The molecule has 0 aliphatic carbocycles. The molecule has 6 nitrogen and oxygen atoms in total. The highest BCUT2D eigenvalue weighted by Gasteiger charge is 2.11.